The summed E-state index contributed by atoms with van der Waals surface area (Å²) >= 11 is 1.69. The maximum Gasteiger partial charge on any atom is 0.254 e. The van der Waals surface area contributed by atoms with E-state index in [2.05, 4.69) is 0 Å². The van der Waals surface area contributed by atoms with Crippen LogP contribution in [0.3, 0.4) is 0 Å². The number of carbonyl (C=O) groups is 1. The lowest BCUT2D eigenvalue weighted by Gasteiger charge is -2.34. The van der Waals surface area contributed by atoms with Crippen LogP contribution in [-0.4, -0.2) is 43.4 Å². The van der Waals surface area contributed by atoms with Crippen molar-refractivity contribution in [3.8, 4) is 0 Å². The van der Waals surface area contributed by atoms with Crippen LogP contribution in [-0.2, 0) is 9.47 Å². The van der Waals surface area contributed by atoms with E-state index >= 15 is 0 Å². The van der Waals surface area contributed by atoms with Gasteiger partial charge in [-0.15, -0.1) is 11.3 Å². The molecule has 1 amide bonds. The molecule has 3 heterocycles. The van der Waals surface area contributed by atoms with E-state index in [0.717, 1.165) is 36.4 Å². The van der Waals surface area contributed by atoms with Crippen molar-refractivity contribution in [3.05, 3.63) is 21.4 Å². The normalized spacial score (nSPS) is 24.3. The Balaban J connectivity index is 1.70. The quantitative estimate of drug-likeness (QED) is 0.842. The molecule has 2 aliphatic heterocycles. The Morgan fingerprint density at radius 2 is 2.10 bits per heavy atom. The molecular formula is C15H21NO3S. The summed E-state index contributed by atoms with van der Waals surface area (Å²) in [6.07, 6.45) is 1.99. The SMILES string of the molecule is Cc1cc(C(=O)N2CCCC(C3OCCO3)C2)c(C)s1. The summed E-state index contributed by atoms with van der Waals surface area (Å²) < 4.78 is 11.2. The zero-order valence-electron chi connectivity index (χ0n) is 12.1. The van der Waals surface area contributed by atoms with Crippen molar-refractivity contribution in [1.29, 1.82) is 0 Å². The lowest BCUT2D eigenvalue weighted by Crippen LogP contribution is -2.43. The maximum atomic E-state index is 12.6. The fourth-order valence-electron chi connectivity index (χ4n) is 3.08. The highest BCUT2D eigenvalue weighted by Crippen LogP contribution is 2.28. The van der Waals surface area contributed by atoms with Gasteiger partial charge in [-0.3, -0.25) is 4.79 Å². The molecule has 1 aromatic heterocycles. The number of nitrogens with zero attached hydrogens (tertiary/aromatic N) is 1. The van der Waals surface area contributed by atoms with Crippen LogP contribution in [0.5, 0.6) is 0 Å². The highest BCUT2D eigenvalue weighted by Gasteiger charge is 2.33. The molecule has 0 N–H and O–H groups in total. The summed E-state index contributed by atoms with van der Waals surface area (Å²) in [6.45, 7) is 7.02. The van der Waals surface area contributed by atoms with Crippen LogP contribution >= 0.6 is 11.3 Å². The van der Waals surface area contributed by atoms with Crippen LogP contribution < -0.4 is 0 Å². The van der Waals surface area contributed by atoms with Crippen LogP contribution in [0, 0.1) is 19.8 Å². The standard InChI is InChI=1S/C15H21NO3S/c1-10-8-13(11(2)20-10)14(17)16-5-3-4-12(9-16)15-18-6-7-19-15/h8,12,15H,3-7,9H2,1-2H3. The van der Waals surface area contributed by atoms with Crippen molar-refractivity contribution in [2.75, 3.05) is 26.3 Å². The van der Waals surface area contributed by atoms with Gasteiger partial charge in [0.1, 0.15) is 0 Å². The minimum Gasteiger partial charge on any atom is -0.350 e. The molecule has 1 unspecified atom stereocenters. The number of hydrogen-bond acceptors (Lipinski definition) is 4. The van der Waals surface area contributed by atoms with E-state index in [1.165, 1.54) is 4.88 Å². The second-order valence-electron chi connectivity index (χ2n) is 5.59. The number of thiophene rings is 1. The van der Waals surface area contributed by atoms with Gasteiger partial charge in [0, 0.05) is 28.8 Å². The van der Waals surface area contributed by atoms with Crippen molar-refractivity contribution in [3.63, 3.8) is 0 Å². The Morgan fingerprint density at radius 1 is 1.35 bits per heavy atom. The summed E-state index contributed by atoms with van der Waals surface area (Å²) in [5, 5.41) is 0. The molecule has 0 spiro atoms. The molecule has 0 aliphatic carbocycles. The third kappa shape index (κ3) is 2.75. The average molecular weight is 295 g/mol. The monoisotopic (exact) mass is 295 g/mol. The lowest BCUT2D eigenvalue weighted by molar-refractivity contribution is -0.0969. The van der Waals surface area contributed by atoms with Crippen LogP contribution in [0.2, 0.25) is 0 Å². The van der Waals surface area contributed by atoms with Crippen LogP contribution in [0.25, 0.3) is 0 Å². The fraction of sp³-hybridized carbons (Fsp3) is 0.667. The zero-order valence-corrected chi connectivity index (χ0v) is 12.9. The average Bonchev–Trinajstić information content (AvgIpc) is 3.08. The van der Waals surface area contributed by atoms with Crippen LogP contribution in [0.4, 0.5) is 0 Å². The smallest absolute Gasteiger partial charge is 0.254 e. The summed E-state index contributed by atoms with van der Waals surface area (Å²) in [5.74, 6) is 0.477. The van der Waals surface area contributed by atoms with Crippen molar-refractivity contribution in [1.82, 2.24) is 4.90 Å². The van der Waals surface area contributed by atoms with E-state index in [0.29, 0.717) is 19.1 Å². The predicted octanol–water partition coefficient (Wildman–Crippen LogP) is 2.59. The van der Waals surface area contributed by atoms with Gasteiger partial charge in [-0.05, 0) is 32.8 Å². The number of amides is 1. The topological polar surface area (TPSA) is 38.8 Å². The first kappa shape index (κ1) is 14.0. The summed E-state index contributed by atoms with van der Waals surface area (Å²) in [4.78, 5) is 16.9. The molecular weight excluding hydrogens is 274 g/mol. The molecule has 3 rings (SSSR count). The summed E-state index contributed by atoms with van der Waals surface area (Å²) in [6, 6.07) is 2.01. The number of carbonyl (C=O) groups excluding carboxylic acids is 1. The van der Waals surface area contributed by atoms with E-state index < -0.39 is 0 Å². The Hall–Kier alpha value is -0.910. The number of likely N-dealkylation sites (tertiary alicyclic amines) is 1. The Labute approximate surface area is 123 Å². The molecule has 1 atom stereocenters. The molecule has 2 fully saturated rings. The van der Waals surface area contributed by atoms with Gasteiger partial charge in [0.15, 0.2) is 6.29 Å². The van der Waals surface area contributed by atoms with Crippen LogP contribution in [0.1, 0.15) is 33.0 Å². The van der Waals surface area contributed by atoms with E-state index in [-0.39, 0.29) is 12.2 Å². The van der Waals surface area contributed by atoms with Gasteiger partial charge in [0.25, 0.3) is 5.91 Å². The molecule has 110 valence electrons. The van der Waals surface area contributed by atoms with Crippen molar-refractivity contribution < 1.29 is 14.3 Å². The Kier molecular flexibility index (Phi) is 4.10. The maximum absolute atomic E-state index is 12.6. The van der Waals surface area contributed by atoms with Gasteiger partial charge in [-0.2, -0.15) is 0 Å². The molecule has 20 heavy (non-hydrogen) atoms. The molecule has 1 aromatic rings. The van der Waals surface area contributed by atoms with Crippen LogP contribution in [0.15, 0.2) is 6.07 Å². The molecule has 5 heteroatoms. The Bertz CT molecular complexity index is 493. The minimum absolute atomic E-state index is 0.115. The first-order valence-electron chi connectivity index (χ1n) is 7.24. The van der Waals surface area contributed by atoms with E-state index in [1.54, 1.807) is 11.3 Å². The number of aryl methyl sites for hydroxylation is 2. The third-order valence-electron chi connectivity index (χ3n) is 4.05. The number of hydrogen-bond donors (Lipinski definition) is 0. The van der Waals surface area contributed by atoms with Crippen molar-refractivity contribution >= 4 is 17.2 Å². The first-order chi connectivity index (χ1) is 9.65. The van der Waals surface area contributed by atoms with Crippen molar-refractivity contribution in [2.24, 2.45) is 5.92 Å². The second kappa shape index (κ2) is 5.84. The summed E-state index contributed by atoms with van der Waals surface area (Å²) in [7, 11) is 0. The van der Waals surface area contributed by atoms with Gasteiger partial charge in [0.2, 0.25) is 0 Å². The largest absolute Gasteiger partial charge is 0.350 e. The van der Waals surface area contributed by atoms with Gasteiger partial charge in [-0.25, -0.2) is 0 Å². The van der Waals surface area contributed by atoms with Gasteiger partial charge < -0.3 is 14.4 Å². The number of rotatable bonds is 2. The molecule has 0 saturated carbocycles. The van der Waals surface area contributed by atoms with Gasteiger partial charge in [0.05, 0.1) is 18.8 Å². The summed E-state index contributed by atoms with van der Waals surface area (Å²) in [5.41, 5.74) is 0.862. The number of ether oxygens (including phenoxy) is 2. The van der Waals surface area contributed by atoms with Crippen molar-refractivity contribution in [2.45, 2.75) is 33.0 Å². The van der Waals surface area contributed by atoms with Gasteiger partial charge >= 0.3 is 0 Å². The second-order valence-corrected chi connectivity index (χ2v) is 7.05. The molecule has 2 aliphatic rings. The lowest BCUT2D eigenvalue weighted by atomic mass is 9.97. The molecule has 0 aromatic carbocycles. The van der Waals surface area contributed by atoms with E-state index in [1.807, 2.05) is 24.8 Å². The minimum atomic E-state index is -0.115. The van der Waals surface area contributed by atoms with E-state index in [9.17, 15) is 4.79 Å². The molecule has 0 bridgehead atoms. The molecule has 4 nitrogen and oxygen atoms in total. The Morgan fingerprint density at radius 3 is 2.75 bits per heavy atom. The predicted molar refractivity (Wildman–Crippen MR) is 78.1 cm³/mol. The fourth-order valence-corrected chi connectivity index (χ4v) is 3.99. The number of piperidine rings is 1. The highest BCUT2D eigenvalue weighted by atomic mass is 32.1. The van der Waals surface area contributed by atoms with Gasteiger partial charge in [-0.1, -0.05) is 0 Å². The first-order valence-corrected chi connectivity index (χ1v) is 8.06. The highest BCUT2D eigenvalue weighted by molar-refractivity contribution is 7.12. The zero-order chi connectivity index (χ0) is 14.1. The molecule has 0 radical (unpaired) electrons. The van der Waals surface area contributed by atoms with E-state index in [4.69, 9.17) is 9.47 Å². The molecule has 2 saturated heterocycles. The third-order valence-corrected chi connectivity index (χ3v) is 5.01.